The minimum atomic E-state index is -0.638. The quantitative estimate of drug-likeness (QED) is 0.595. The number of nitrogens with one attached hydrogen (secondary N) is 1. The van der Waals surface area contributed by atoms with Crippen molar-refractivity contribution in [1.29, 1.82) is 0 Å². The van der Waals surface area contributed by atoms with Gasteiger partial charge in [0.15, 0.2) is 5.76 Å². The molecule has 0 aliphatic heterocycles. The zero-order valence-electron chi connectivity index (χ0n) is 16.0. The van der Waals surface area contributed by atoms with Gasteiger partial charge in [-0.25, -0.2) is 9.18 Å². The third kappa shape index (κ3) is 5.32. The van der Waals surface area contributed by atoms with Gasteiger partial charge in [0.1, 0.15) is 18.7 Å². The minimum absolute atomic E-state index is 0.0450. The van der Waals surface area contributed by atoms with E-state index in [4.69, 9.17) is 13.9 Å². The van der Waals surface area contributed by atoms with Crippen LogP contribution in [0.4, 0.5) is 10.1 Å². The zero-order chi connectivity index (χ0) is 21.5. The van der Waals surface area contributed by atoms with Crippen LogP contribution in [0.2, 0.25) is 0 Å². The highest BCUT2D eigenvalue weighted by Gasteiger charge is 2.13. The van der Waals surface area contributed by atoms with Crippen molar-refractivity contribution in [3.8, 4) is 5.75 Å². The summed E-state index contributed by atoms with van der Waals surface area (Å²) in [6, 6.07) is 12.7. The lowest BCUT2D eigenvalue weighted by Gasteiger charge is -2.07. The first-order valence-corrected chi connectivity index (χ1v) is 9.05. The Morgan fingerprint density at radius 3 is 2.40 bits per heavy atom. The van der Waals surface area contributed by atoms with Crippen LogP contribution in [0.25, 0.3) is 0 Å². The number of anilines is 1. The largest absolute Gasteiger partial charge is 0.482 e. The number of hydrogen-bond acceptors (Lipinski definition) is 6. The monoisotopic (exact) mass is 411 g/mol. The van der Waals surface area contributed by atoms with E-state index in [1.807, 2.05) is 0 Å². The summed E-state index contributed by atoms with van der Waals surface area (Å²) < 4.78 is 28.4. The first-order chi connectivity index (χ1) is 14.5. The SMILES string of the molecule is CCOC(=O)c1ccc(NC(=O)c2cc(=O)c(OCc3ccc(F)cc3)co2)cc1. The smallest absolute Gasteiger partial charge is 0.338 e. The standard InChI is InChI=1S/C22H18FNO6/c1-2-28-22(27)15-5-9-17(10-6-15)24-21(26)19-11-18(25)20(13-30-19)29-12-14-3-7-16(23)8-4-14/h3-11,13H,2,12H2,1H3,(H,24,26). The molecule has 0 radical (unpaired) electrons. The van der Waals surface area contributed by atoms with Gasteiger partial charge in [0, 0.05) is 11.8 Å². The molecule has 1 amide bonds. The Kier molecular flexibility index (Phi) is 6.59. The zero-order valence-corrected chi connectivity index (χ0v) is 16.0. The Morgan fingerprint density at radius 2 is 1.77 bits per heavy atom. The van der Waals surface area contributed by atoms with Crippen molar-refractivity contribution in [2.45, 2.75) is 13.5 Å². The topological polar surface area (TPSA) is 94.8 Å². The number of rotatable bonds is 7. The number of halogens is 1. The van der Waals surface area contributed by atoms with Crippen LogP contribution < -0.4 is 15.5 Å². The highest BCUT2D eigenvalue weighted by Crippen LogP contribution is 2.14. The van der Waals surface area contributed by atoms with Crippen LogP contribution in [0.1, 0.15) is 33.4 Å². The van der Waals surface area contributed by atoms with Crippen molar-refractivity contribution in [1.82, 2.24) is 0 Å². The summed E-state index contributed by atoms with van der Waals surface area (Å²) in [6.45, 7) is 2.02. The molecule has 154 valence electrons. The van der Waals surface area contributed by atoms with E-state index < -0.39 is 17.3 Å². The minimum Gasteiger partial charge on any atom is -0.482 e. The molecule has 3 rings (SSSR count). The third-order valence-electron chi connectivity index (χ3n) is 3.98. The molecule has 30 heavy (non-hydrogen) atoms. The van der Waals surface area contributed by atoms with E-state index in [9.17, 15) is 18.8 Å². The molecule has 0 aliphatic carbocycles. The van der Waals surface area contributed by atoms with Gasteiger partial charge in [0.05, 0.1) is 12.2 Å². The second-order valence-electron chi connectivity index (χ2n) is 6.14. The maximum absolute atomic E-state index is 12.9. The molecule has 0 aliphatic rings. The molecule has 0 saturated carbocycles. The highest BCUT2D eigenvalue weighted by molar-refractivity contribution is 6.02. The van der Waals surface area contributed by atoms with Crippen LogP contribution in [-0.2, 0) is 11.3 Å². The van der Waals surface area contributed by atoms with E-state index in [-0.39, 0.29) is 30.5 Å². The Bertz CT molecular complexity index is 1090. The maximum Gasteiger partial charge on any atom is 0.338 e. The second-order valence-corrected chi connectivity index (χ2v) is 6.14. The molecular weight excluding hydrogens is 393 g/mol. The highest BCUT2D eigenvalue weighted by atomic mass is 19.1. The molecule has 0 spiro atoms. The van der Waals surface area contributed by atoms with Crippen LogP contribution >= 0.6 is 0 Å². The normalized spacial score (nSPS) is 10.3. The van der Waals surface area contributed by atoms with Crippen molar-refractivity contribution < 1.29 is 27.9 Å². The van der Waals surface area contributed by atoms with Crippen molar-refractivity contribution in [2.75, 3.05) is 11.9 Å². The van der Waals surface area contributed by atoms with Gasteiger partial charge in [-0.1, -0.05) is 12.1 Å². The lowest BCUT2D eigenvalue weighted by atomic mass is 10.2. The fraction of sp³-hybridized carbons (Fsp3) is 0.136. The molecule has 8 heteroatoms. The first kappa shape index (κ1) is 20.8. The number of carbonyl (C=O) groups is 2. The maximum atomic E-state index is 12.9. The molecule has 0 fully saturated rings. The number of ether oxygens (including phenoxy) is 2. The van der Waals surface area contributed by atoms with Gasteiger partial charge in [-0.15, -0.1) is 0 Å². The van der Waals surface area contributed by atoms with Gasteiger partial charge < -0.3 is 19.2 Å². The molecule has 1 heterocycles. The van der Waals surface area contributed by atoms with Crippen LogP contribution in [-0.4, -0.2) is 18.5 Å². The van der Waals surface area contributed by atoms with Gasteiger partial charge in [0.25, 0.3) is 5.91 Å². The van der Waals surface area contributed by atoms with E-state index in [2.05, 4.69) is 5.32 Å². The Morgan fingerprint density at radius 1 is 1.07 bits per heavy atom. The molecule has 0 bridgehead atoms. The van der Waals surface area contributed by atoms with Gasteiger partial charge in [-0.05, 0) is 48.9 Å². The molecule has 1 N–H and O–H groups in total. The number of carbonyl (C=O) groups excluding carboxylic acids is 2. The molecule has 2 aromatic carbocycles. The Hall–Kier alpha value is -3.94. The summed E-state index contributed by atoms with van der Waals surface area (Å²) in [5.74, 6) is -1.75. The summed E-state index contributed by atoms with van der Waals surface area (Å²) >= 11 is 0. The second kappa shape index (κ2) is 9.51. The third-order valence-corrected chi connectivity index (χ3v) is 3.98. The molecule has 1 aromatic heterocycles. The molecule has 0 unspecified atom stereocenters. The molecule has 0 atom stereocenters. The predicted molar refractivity (Wildman–Crippen MR) is 106 cm³/mol. The Labute approximate surface area is 171 Å². The summed E-state index contributed by atoms with van der Waals surface area (Å²) in [7, 11) is 0. The molecule has 3 aromatic rings. The van der Waals surface area contributed by atoms with Gasteiger partial charge in [0.2, 0.25) is 11.2 Å². The molecular formula is C22H18FNO6. The van der Waals surface area contributed by atoms with E-state index in [1.165, 1.54) is 48.5 Å². The molecule has 0 saturated heterocycles. The number of hydrogen-bond donors (Lipinski definition) is 1. The first-order valence-electron chi connectivity index (χ1n) is 9.05. The average molecular weight is 411 g/mol. The molecule has 7 nitrogen and oxygen atoms in total. The van der Waals surface area contributed by atoms with Gasteiger partial charge >= 0.3 is 5.97 Å². The van der Waals surface area contributed by atoms with Gasteiger partial charge in [-0.3, -0.25) is 9.59 Å². The van der Waals surface area contributed by atoms with E-state index in [0.717, 1.165) is 12.3 Å². The average Bonchev–Trinajstić information content (AvgIpc) is 2.74. The van der Waals surface area contributed by atoms with E-state index >= 15 is 0 Å². The van der Waals surface area contributed by atoms with E-state index in [1.54, 1.807) is 6.92 Å². The summed E-state index contributed by atoms with van der Waals surface area (Å²) in [5, 5.41) is 2.57. The summed E-state index contributed by atoms with van der Waals surface area (Å²) in [5.41, 5.74) is 0.895. The fourth-order valence-electron chi connectivity index (χ4n) is 2.46. The number of benzene rings is 2. The number of amides is 1. The van der Waals surface area contributed by atoms with E-state index in [0.29, 0.717) is 16.8 Å². The van der Waals surface area contributed by atoms with Crippen LogP contribution in [0.3, 0.4) is 0 Å². The lowest BCUT2D eigenvalue weighted by Crippen LogP contribution is -2.16. The van der Waals surface area contributed by atoms with Crippen LogP contribution in [0, 0.1) is 5.82 Å². The number of esters is 1. The Balaban J connectivity index is 1.62. The van der Waals surface area contributed by atoms with Crippen LogP contribution in [0.5, 0.6) is 5.75 Å². The van der Waals surface area contributed by atoms with Crippen molar-refractivity contribution in [3.05, 3.63) is 93.8 Å². The van der Waals surface area contributed by atoms with Crippen molar-refractivity contribution >= 4 is 17.6 Å². The van der Waals surface area contributed by atoms with Crippen molar-refractivity contribution in [3.63, 3.8) is 0 Å². The fourth-order valence-corrected chi connectivity index (χ4v) is 2.46. The summed E-state index contributed by atoms with van der Waals surface area (Å²) in [6.07, 6.45) is 1.05. The predicted octanol–water partition coefficient (Wildman–Crippen LogP) is 3.79. The summed E-state index contributed by atoms with van der Waals surface area (Å²) in [4.78, 5) is 36.1. The van der Waals surface area contributed by atoms with Crippen molar-refractivity contribution in [2.24, 2.45) is 0 Å². The lowest BCUT2D eigenvalue weighted by molar-refractivity contribution is 0.0526. The van der Waals surface area contributed by atoms with Crippen LogP contribution in [0.15, 0.2) is 70.1 Å². The van der Waals surface area contributed by atoms with Gasteiger partial charge in [-0.2, -0.15) is 0 Å².